The molecule has 0 bridgehead atoms. The van der Waals surface area contributed by atoms with Gasteiger partial charge in [-0.25, -0.2) is 0 Å². The van der Waals surface area contributed by atoms with E-state index in [4.69, 9.17) is 0 Å². The quantitative estimate of drug-likeness (QED) is 0.673. The van der Waals surface area contributed by atoms with Crippen LogP contribution >= 0.6 is 0 Å². The van der Waals surface area contributed by atoms with E-state index in [1.807, 2.05) is 0 Å². The fourth-order valence-electron chi connectivity index (χ4n) is 4.11. The van der Waals surface area contributed by atoms with Crippen molar-refractivity contribution in [3.05, 3.63) is 69.4 Å². The van der Waals surface area contributed by atoms with Crippen LogP contribution in [-0.4, -0.2) is 11.5 Å². The van der Waals surface area contributed by atoms with Gasteiger partial charge >= 0.3 is 0 Å². The van der Waals surface area contributed by atoms with Crippen molar-refractivity contribution in [3.8, 4) is 0 Å². The summed E-state index contributed by atoms with van der Waals surface area (Å²) in [6.07, 6.45) is 1.10. The molecule has 0 fully saturated rings. The lowest BCUT2D eigenvalue weighted by Crippen LogP contribution is -2.31. The molecule has 1 atom stereocenters. The van der Waals surface area contributed by atoms with Crippen LogP contribution in [0.5, 0.6) is 0 Å². The van der Waals surface area contributed by atoms with E-state index in [0.717, 1.165) is 13.0 Å². The molecule has 0 aliphatic carbocycles. The topological polar surface area (TPSA) is 27.8 Å². The fourth-order valence-corrected chi connectivity index (χ4v) is 4.11. The molecular weight excluding hydrogens is 280 g/mol. The number of rotatable bonds is 1. The van der Waals surface area contributed by atoms with Gasteiger partial charge in [0, 0.05) is 23.1 Å². The second-order valence-electron chi connectivity index (χ2n) is 7.02. The maximum atomic E-state index is 3.73. The first-order valence-corrected chi connectivity index (χ1v) is 8.47. The van der Waals surface area contributed by atoms with E-state index in [9.17, 15) is 0 Å². The zero-order chi connectivity index (χ0) is 16.1. The Morgan fingerprint density at radius 2 is 1.74 bits per heavy atom. The van der Waals surface area contributed by atoms with Crippen LogP contribution in [0.3, 0.4) is 0 Å². The van der Waals surface area contributed by atoms with Gasteiger partial charge in [-0.3, -0.25) is 0 Å². The monoisotopic (exact) mass is 304 g/mol. The molecule has 4 rings (SSSR count). The van der Waals surface area contributed by atoms with E-state index < -0.39 is 0 Å². The van der Waals surface area contributed by atoms with Crippen molar-refractivity contribution in [2.75, 3.05) is 6.54 Å². The van der Waals surface area contributed by atoms with Crippen molar-refractivity contribution < 1.29 is 0 Å². The summed E-state index contributed by atoms with van der Waals surface area (Å²) in [5.41, 5.74) is 10.9. The Hall–Kier alpha value is -2.06. The smallest absolute Gasteiger partial charge is 0.0735 e. The van der Waals surface area contributed by atoms with E-state index in [1.54, 1.807) is 0 Å². The van der Waals surface area contributed by atoms with Gasteiger partial charge in [0.25, 0.3) is 0 Å². The lowest BCUT2D eigenvalue weighted by Gasteiger charge is -2.26. The molecule has 23 heavy (non-hydrogen) atoms. The molecule has 0 radical (unpaired) electrons. The maximum Gasteiger partial charge on any atom is 0.0735 e. The van der Waals surface area contributed by atoms with E-state index in [-0.39, 0.29) is 6.04 Å². The number of nitrogens with one attached hydrogen (secondary N) is 2. The maximum absolute atomic E-state index is 3.73. The largest absolute Gasteiger partial charge is 0.357 e. The zero-order valence-corrected chi connectivity index (χ0v) is 14.4. The van der Waals surface area contributed by atoms with Crippen molar-refractivity contribution >= 4 is 10.9 Å². The number of benzene rings is 2. The summed E-state index contributed by atoms with van der Waals surface area (Å²) >= 11 is 0. The Balaban J connectivity index is 1.95. The first-order chi connectivity index (χ1) is 11.0. The van der Waals surface area contributed by atoms with E-state index in [2.05, 4.69) is 68.3 Å². The van der Waals surface area contributed by atoms with Crippen LogP contribution in [0.4, 0.5) is 0 Å². The van der Waals surface area contributed by atoms with Crippen LogP contribution in [-0.2, 0) is 6.42 Å². The normalized spacial score (nSPS) is 17.5. The minimum absolute atomic E-state index is 0.269. The van der Waals surface area contributed by atoms with Crippen LogP contribution in [0.25, 0.3) is 10.9 Å². The Morgan fingerprint density at radius 3 is 2.57 bits per heavy atom. The lowest BCUT2D eigenvalue weighted by molar-refractivity contribution is 0.558. The van der Waals surface area contributed by atoms with E-state index >= 15 is 0 Å². The molecule has 2 aromatic carbocycles. The molecule has 0 amide bonds. The van der Waals surface area contributed by atoms with Crippen LogP contribution in [0.2, 0.25) is 0 Å². The predicted molar refractivity (Wildman–Crippen MR) is 97.2 cm³/mol. The van der Waals surface area contributed by atoms with Crippen molar-refractivity contribution in [2.45, 2.75) is 40.2 Å². The Morgan fingerprint density at radius 1 is 0.913 bits per heavy atom. The third-order valence-corrected chi connectivity index (χ3v) is 5.13. The van der Waals surface area contributed by atoms with Crippen molar-refractivity contribution in [2.24, 2.45) is 0 Å². The first kappa shape index (κ1) is 14.5. The van der Waals surface area contributed by atoms with Gasteiger partial charge in [-0.05, 0) is 68.0 Å². The first-order valence-electron chi connectivity index (χ1n) is 8.47. The number of H-pyrrole nitrogens is 1. The van der Waals surface area contributed by atoms with E-state index in [1.165, 1.54) is 50.0 Å². The SMILES string of the molecule is Cc1ccc(C)c(C2NCCc3c2[nH]c2cc(C)cc(C)c32)c1. The summed E-state index contributed by atoms with van der Waals surface area (Å²) < 4.78 is 0. The summed E-state index contributed by atoms with van der Waals surface area (Å²) in [5, 5.41) is 5.16. The minimum atomic E-state index is 0.269. The Kier molecular flexibility index (Phi) is 3.31. The molecule has 1 aliphatic rings. The molecule has 118 valence electrons. The molecule has 2 nitrogen and oxygen atoms in total. The number of hydrogen-bond acceptors (Lipinski definition) is 1. The van der Waals surface area contributed by atoms with Crippen LogP contribution in [0.1, 0.15) is 45.1 Å². The second kappa shape index (κ2) is 5.24. The number of aromatic amines is 1. The third kappa shape index (κ3) is 2.29. The number of fused-ring (bicyclic) bond motifs is 3. The van der Waals surface area contributed by atoms with Gasteiger partial charge < -0.3 is 10.3 Å². The molecule has 2 N–H and O–H groups in total. The second-order valence-corrected chi connectivity index (χ2v) is 7.02. The van der Waals surface area contributed by atoms with Gasteiger partial charge in [-0.2, -0.15) is 0 Å². The highest BCUT2D eigenvalue weighted by Crippen LogP contribution is 2.36. The summed E-state index contributed by atoms with van der Waals surface area (Å²) in [7, 11) is 0. The molecule has 2 heterocycles. The van der Waals surface area contributed by atoms with Crippen molar-refractivity contribution in [1.82, 2.24) is 10.3 Å². The Labute approximate surface area is 137 Å². The molecule has 0 spiro atoms. The van der Waals surface area contributed by atoms with Gasteiger partial charge in [0.2, 0.25) is 0 Å². The zero-order valence-electron chi connectivity index (χ0n) is 14.4. The average molecular weight is 304 g/mol. The average Bonchev–Trinajstić information content (AvgIpc) is 2.88. The summed E-state index contributed by atoms with van der Waals surface area (Å²) in [6, 6.07) is 11.6. The molecule has 1 aliphatic heterocycles. The molecule has 2 heteroatoms. The molecule has 3 aromatic rings. The lowest BCUT2D eigenvalue weighted by atomic mass is 9.90. The molecule has 1 aromatic heterocycles. The predicted octanol–water partition coefficient (Wildman–Crippen LogP) is 4.64. The highest BCUT2D eigenvalue weighted by atomic mass is 15.0. The van der Waals surface area contributed by atoms with Gasteiger partial charge in [-0.1, -0.05) is 29.8 Å². The molecule has 0 saturated carbocycles. The number of aryl methyl sites for hydroxylation is 4. The van der Waals surface area contributed by atoms with Gasteiger partial charge in [0.15, 0.2) is 0 Å². The summed E-state index contributed by atoms with van der Waals surface area (Å²) in [4.78, 5) is 3.73. The number of hydrogen-bond donors (Lipinski definition) is 2. The van der Waals surface area contributed by atoms with Crippen LogP contribution in [0.15, 0.2) is 30.3 Å². The summed E-state index contributed by atoms with van der Waals surface area (Å²) in [6.45, 7) is 9.82. The highest BCUT2D eigenvalue weighted by molar-refractivity contribution is 5.89. The Bertz CT molecular complexity index is 902. The van der Waals surface area contributed by atoms with Gasteiger partial charge in [-0.15, -0.1) is 0 Å². The highest BCUT2D eigenvalue weighted by Gasteiger charge is 2.26. The van der Waals surface area contributed by atoms with Gasteiger partial charge in [0.05, 0.1) is 6.04 Å². The number of aromatic nitrogens is 1. The molecule has 0 saturated heterocycles. The standard InChI is InChI=1S/C21H24N2/c1-12-5-6-14(3)17(10-12)20-21-16(7-8-22-20)19-15(4)9-13(2)11-18(19)23-21/h5-6,9-11,20,22-23H,7-8H2,1-4H3. The van der Waals surface area contributed by atoms with Crippen molar-refractivity contribution in [3.63, 3.8) is 0 Å². The molecular formula is C21H24N2. The van der Waals surface area contributed by atoms with E-state index in [0.29, 0.717) is 0 Å². The van der Waals surface area contributed by atoms with Crippen LogP contribution < -0.4 is 5.32 Å². The minimum Gasteiger partial charge on any atom is -0.357 e. The van der Waals surface area contributed by atoms with Crippen LogP contribution in [0, 0.1) is 27.7 Å². The van der Waals surface area contributed by atoms with Gasteiger partial charge in [0.1, 0.15) is 0 Å². The molecule has 1 unspecified atom stereocenters. The fraction of sp³-hybridized carbons (Fsp3) is 0.333. The third-order valence-electron chi connectivity index (χ3n) is 5.13. The van der Waals surface area contributed by atoms with Crippen molar-refractivity contribution in [1.29, 1.82) is 0 Å². The summed E-state index contributed by atoms with van der Waals surface area (Å²) in [5.74, 6) is 0.